The first-order valence-electron chi connectivity index (χ1n) is 4.82. The Hall–Kier alpha value is -1.51. The Kier molecular flexibility index (Phi) is 2.68. The number of amidine groups is 1. The van der Waals surface area contributed by atoms with Gasteiger partial charge in [-0.3, -0.25) is 0 Å². The molecule has 0 aliphatic carbocycles. The third kappa shape index (κ3) is 2.05. The third-order valence-corrected chi connectivity index (χ3v) is 2.28. The SMILES string of the molecule is Cc1ccccc1CNC1=NCCO1. The summed E-state index contributed by atoms with van der Waals surface area (Å²) < 4.78 is 5.25. The van der Waals surface area contributed by atoms with Crippen LogP contribution >= 0.6 is 0 Å². The van der Waals surface area contributed by atoms with Crippen LogP contribution < -0.4 is 5.32 Å². The van der Waals surface area contributed by atoms with Crippen molar-refractivity contribution in [1.82, 2.24) is 5.32 Å². The van der Waals surface area contributed by atoms with Gasteiger partial charge in [-0.15, -0.1) is 0 Å². The molecule has 1 aromatic rings. The second-order valence-electron chi connectivity index (χ2n) is 3.32. The molecule has 0 amide bonds. The zero-order chi connectivity index (χ0) is 9.80. The maximum absolute atomic E-state index is 5.25. The lowest BCUT2D eigenvalue weighted by Crippen LogP contribution is -2.23. The average molecular weight is 190 g/mol. The summed E-state index contributed by atoms with van der Waals surface area (Å²) in [5.74, 6) is 0. The van der Waals surface area contributed by atoms with E-state index in [1.807, 2.05) is 12.1 Å². The molecule has 0 bridgehead atoms. The van der Waals surface area contributed by atoms with Gasteiger partial charge in [0.05, 0.1) is 6.54 Å². The van der Waals surface area contributed by atoms with Crippen LogP contribution in [-0.4, -0.2) is 19.2 Å². The minimum absolute atomic E-state index is 0.674. The molecule has 0 fully saturated rings. The van der Waals surface area contributed by atoms with E-state index in [4.69, 9.17) is 4.74 Å². The van der Waals surface area contributed by atoms with E-state index in [0.29, 0.717) is 12.6 Å². The molecule has 0 aromatic heterocycles. The van der Waals surface area contributed by atoms with Crippen molar-refractivity contribution in [3.8, 4) is 0 Å². The number of aryl methyl sites for hydroxylation is 1. The van der Waals surface area contributed by atoms with Crippen LogP contribution in [0.1, 0.15) is 11.1 Å². The Labute approximate surface area is 83.8 Å². The van der Waals surface area contributed by atoms with Crippen LogP contribution in [0.25, 0.3) is 0 Å². The quantitative estimate of drug-likeness (QED) is 0.766. The molecule has 1 aliphatic heterocycles. The Morgan fingerprint density at radius 1 is 1.43 bits per heavy atom. The van der Waals surface area contributed by atoms with Gasteiger partial charge in [-0.25, -0.2) is 4.99 Å². The highest BCUT2D eigenvalue weighted by Gasteiger charge is 2.06. The van der Waals surface area contributed by atoms with Crippen molar-refractivity contribution in [2.75, 3.05) is 13.2 Å². The fourth-order valence-electron chi connectivity index (χ4n) is 1.42. The van der Waals surface area contributed by atoms with Gasteiger partial charge < -0.3 is 10.1 Å². The lowest BCUT2D eigenvalue weighted by atomic mass is 10.1. The van der Waals surface area contributed by atoms with Gasteiger partial charge in [-0.05, 0) is 18.1 Å². The smallest absolute Gasteiger partial charge is 0.285 e. The number of nitrogens with one attached hydrogen (secondary N) is 1. The van der Waals surface area contributed by atoms with Gasteiger partial charge >= 0.3 is 0 Å². The van der Waals surface area contributed by atoms with Crippen LogP contribution in [0.15, 0.2) is 29.3 Å². The predicted octanol–water partition coefficient (Wildman–Crippen LogP) is 1.47. The van der Waals surface area contributed by atoms with Gasteiger partial charge in [-0.2, -0.15) is 0 Å². The van der Waals surface area contributed by atoms with Crippen molar-refractivity contribution < 1.29 is 4.74 Å². The molecule has 1 heterocycles. The molecule has 1 N–H and O–H groups in total. The van der Waals surface area contributed by atoms with Gasteiger partial charge in [-0.1, -0.05) is 24.3 Å². The highest BCUT2D eigenvalue weighted by molar-refractivity contribution is 5.74. The second kappa shape index (κ2) is 4.13. The van der Waals surface area contributed by atoms with Crippen LogP contribution in [0.3, 0.4) is 0 Å². The fraction of sp³-hybridized carbons (Fsp3) is 0.364. The van der Waals surface area contributed by atoms with Crippen molar-refractivity contribution in [1.29, 1.82) is 0 Å². The summed E-state index contributed by atoms with van der Waals surface area (Å²) >= 11 is 0. The van der Waals surface area contributed by atoms with Crippen molar-refractivity contribution in [3.63, 3.8) is 0 Å². The van der Waals surface area contributed by atoms with Crippen LogP contribution in [-0.2, 0) is 11.3 Å². The molecule has 3 heteroatoms. The lowest BCUT2D eigenvalue weighted by Gasteiger charge is -2.07. The highest BCUT2D eigenvalue weighted by Crippen LogP contribution is 2.06. The molecule has 0 unspecified atom stereocenters. The molecule has 74 valence electrons. The molecular weight excluding hydrogens is 176 g/mol. The number of hydrogen-bond donors (Lipinski definition) is 1. The monoisotopic (exact) mass is 190 g/mol. The first-order valence-corrected chi connectivity index (χ1v) is 4.82. The summed E-state index contributed by atoms with van der Waals surface area (Å²) in [4.78, 5) is 4.16. The van der Waals surface area contributed by atoms with Gasteiger partial charge in [0.15, 0.2) is 0 Å². The first-order chi connectivity index (χ1) is 6.86. The Morgan fingerprint density at radius 2 is 2.29 bits per heavy atom. The van der Waals surface area contributed by atoms with E-state index >= 15 is 0 Å². The molecule has 0 atom stereocenters. The van der Waals surface area contributed by atoms with Gasteiger partial charge in [0.25, 0.3) is 6.02 Å². The van der Waals surface area contributed by atoms with E-state index in [1.54, 1.807) is 0 Å². The topological polar surface area (TPSA) is 33.6 Å². The number of hydrogen-bond acceptors (Lipinski definition) is 3. The maximum Gasteiger partial charge on any atom is 0.285 e. The fourth-order valence-corrected chi connectivity index (χ4v) is 1.42. The Balaban J connectivity index is 1.94. The van der Waals surface area contributed by atoms with E-state index in [0.717, 1.165) is 13.1 Å². The second-order valence-corrected chi connectivity index (χ2v) is 3.32. The number of benzene rings is 1. The zero-order valence-corrected chi connectivity index (χ0v) is 8.29. The molecule has 3 nitrogen and oxygen atoms in total. The first kappa shape index (κ1) is 9.06. The molecule has 0 spiro atoms. The van der Waals surface area contributed by atoms with Crippen molar-refractivity contribution in [2.24, 2.45) is 4.99 Å². The normalized spacial score (nSPS) is 14.8. The standard InChI is InChI=1S/C11H14N2O/c1-9-4-2-3-5-10(9)8-13-11-12-6-7-14-11/h2-5H,6-8H2,1H3,(H,12,13). The van der Waals surface area contributed by atoms with Crippen molar-refractivity contribution >= 4 is 6.02 Å². The minimum atomic E-state index is 0.674. The minimum Gasteiger partial charge on any atom is -0.463 e. The number of ether oxygens (including phenoxy) is 1. The summed E-state index contributed by atoms with van der Waals surface area (Å²) in [6, 6.07) is 8.98. The summed E-state index contributed by atoms with van der Waals surface area (Å²) in [5, 5.41) is 3.17. The van der Waals surface area contributed by atoms with E-state index in [2.05, 4.69) is 29.4 Å². The number of rotatable bonds is 2. The Morgan fingerprint density at radius 3 is 3.00 bits per heavy atom. The van der Waals surface area contributed by atoms with Crippen LogP contribution in [0.4, 0.5) is 0 Å². The highest BCUT2D eigenvalue weighted by atomic mass is 16.5. The van der Waals surface area contributed by atoms with Crippen molar-refractivity contribution in [3.05, 3.63) is 35.4 Å². The summed E-state index contributed by atoms with van der Waals surface area (Å²) in [6.07, 6.45) is 0. The van der Waals surface area contributed by atoms with E-state index in [9.17, 15) is 0 Å². The molecule has 0 saturated carbocycles. The molecule has 0 radical (unpaired) electrons. The molecule has 14 heavy (non-hydrogen) atoms. The van der Waals surface area contributed by atoms with E-state index in [-0.39, 0.29) is 0 Å². The number of nitrogens with zero attached hydrogens (tertiary/aromatic N) is 1. The summed E-state index contributed by atoms with van der Waals surface area (Å²) in [6.45, 7) is 4.37. The van der Waals surface area contributed by atoms with Crippen LogP contribution in [0, 0.1) is 6.92 Å². The Bertz CT molecular complexity index is 347. The average Bonchev–Trinajstić information content (AvgIpc) is 2.69. The third-order valence-electron chi connectivity index (χ3n) is 2.28. The van der Waals surface area contributed by atoms with Crippen LogP contribution in [0.5, 0.6) is 0 Å². The summed E-state index contributed by atoms with van der Waals surface area (Å²) in [5.41, 5.74) is 2.57. The molecule has 1 aromatic carbocycles. The molecule has 1 aliphatic rings. The summed E-state index contributed by atoms with van der Waals surface area (Å²) in [7, 11) is 0. The lowest BCUT2D eigenvalue weighted by molar-refractivity contribution is 0.331. The van der Waals surface area contributed by atoms with Gasteiger partial charge in [0, 0.05) is 6.54 Å². The van der Waals surface area contributed by atoms with Gasteiger partial charge in [0.1, 0.15) is 6.61 Å². The largest absolute Gasteiger partial charge is 0.463 e. The van der Waals surface area contributed by atoms with E-state index < -0.39 is 0 Å². The zero-order valence-electron chi connectivity index (χ0n) is 8.29. The number of aliphatic imine (C=N–C) groups is 1. The predicted molar refractivity (Wildman–Crippen MR) is 56.3 cm³/mol. The maximum atomic E-state index is 5.25. The van der Waals surface area contributed by atoms with E-state index in [1.165, 1.54) is 11.1 Å². The van der Waals surface area contributed by atoms with Crippen molar-refractivity contribution in [2.45, 2.75) is 13.5 Å². The van der Waals surface area contributed by atoms with Gasteiger partial charge in [0.2, 0.25) is 0 Å². The van der Waals surface area contributed by atoms with Crippen LogP contribution in [0.2, 0.25) is 0 Å². The molecule has 2 rings (SSSR count). The molecule has 0 saturated heterocycles. The molecular formula is C11H14N2O.